The van der Waals surface area contributed by atoms with E-state index in [1.165, 1.54) is 24.0 Å². The van der Waals surface area contributed by atoms with Gasteiger partial charge in [-0.1, -0.05) is 43.3 Å². The molecule has 3 rings (SSSR count). The first-order chi connectivity index (χ1) is 11.8. The molecule has 1 aliphatic rings. The minimum Gasteiger partial charge on any atom is -0.481 e. The first kappa shape index (κ1) is 16.6. The molecule has 1 atom stereocenters. The Hall–Kier alpha value is -2.29. The van der Waals surface area contributed by atoms with Crippen molar-refractivity contribution in [3.8, 4) is 5.75 Å². The van der Waals surface area contributed by atoms with Crippen LogP contribution in [0.5, 0.6) is 5.75 Å². The van der Waals surface area contributed by atoms with Crippen molar-refractivity contribution in [3.05, 3.63) is 65.2 Å². The van der Waals surface area contributed by atoms with E-state index in [1.807, 2.05) is 43.3 Å². The van der Waals surface area contributed by atoms with Crippen LogP contribution in [0.15, 0.2) is 48.5 Å². The zero-order valence-corrected chi connectivity index (χ0v) is 14.3. The second kappa shape index (κ2) is 8.00. The van der Waals surface area contributed by atoms with E-state index in [1.54, 1.807) is 0 Å². The van der Waals surface area contributed by atoms with Crippen molar-refractivity contribution in [3.63, 3.8) is 0 Å². The molecule has 2 aromatic carbocycles. The Morgan fingerprint density at radius 3 is 2.58 bits per heavy atom. The third kappa shape index (κ3) is 4.16. The largest absolute Gasteiger partial charge is 0.481 e. The minimum absolute atomic E-state index is 0.0564. The molecule has 126 valence electrons. The zero-order valence-electron chi connectivity index (χ0n) is 14.3. The summed E-state index contributed by atoms with van der Waals surface area (Å²) in [6.07, 6.45) is 4.99. The SMILES string of the molecule is CC[C@H](Oc1ccc2c(c1)CCCC2)C(=O)NCc1ccccc1. The highest BCUT2D eigenvalue weighted by atomic mass is 16.5. The van der Waals surface area contributed by atoms with Crippen LogP contribution in [0.25, 0.3) is 0 Å². The summed E-state index contributed by atoms with van der Waals surface area (Å²) in [7, 11) is 0. The van der Waals surface area contributed by atoms with Crippen molar-refractivity contribution >= 4 is 5.91 Å². The molecule has 0 bridgehead atoms. The fraction of sp³-hybridized carbons (Fsp3) is 0.381. The van der Waals surface area contributed by atoms with Gasteiger partial charge in [0.1, 0.15) is 5.75 Å². The Kier molecular flexibility index (Phi) is 5.52. The van der Waals surface area contributed by atoms with Gasteiger partial charge >= 0.3 is 0 Å². The Balaban J connectivity index is 1.60. The van der Waals surface area contributed by atoms with E-state index in [0.29, 0.717) is 13.0 Å². The lowest BCUT2D eigenvalue weighted by Gasteiger charge is -2.20. The molecule has 1 amide bonds. The van der Waals surface area contributed by atoms with Gasteiger partial charge in [0, 0.05) is 6.54 Å². The number of benzene rings is 2. The number of hydrogen-bond acceptors (Lipinski definition) is 2. The molecule has 0 radical (unpaired) electrons. The lowest BCUT2D eigenvalue weighted by atomic mass is 9.92. The monoisotopic (exact) mass is 323 g/mol. The number of aryl methyl sites for hydroxylation is 2. The van der Waals surface area contributed by atoms with Crippen LogP contribution in [-0.2, 0) is 24.2 Å². The van der Waals surface area contributed by atoms with E-state index in [0.717, 1.165) is 24.2 Å². The molecule has 0 spiro atoms. The number of nitrogens with one attached hydrogen (secondary N) is 1. The van der Waals surface area contributed by atoms with E-state index in [-0.39, 0.29) is 5.91 Å². The highest BCUT2D eigenvalue weighted by Crippen LogP contribution is 2.26. The molecule has 1 N–H and O–H groups in total. The van der Waals surface area contributed by atoms with Crippen LogP contribution in [0.2, 0.25) is 0 Å². The Bertz CT molecular complexity index is 681. The van der Waals surface area contributed by atoms with Gasteiger partial charge in [0.25, 0.3) is 5.91 Å². The number of carbonyl (C=O) groups is 1. The van der Waals surface area contributed by atoms with Crippen molar-refractivity contribution in [2.24, 2.45) is 0 Å². The van der Waals surface area contributed by atoms with Gasteiger partial charge in [-0.2, -0.15) is 0 Å². The summed E-state index contributed by atoms with van der Waals surface area (Å²) in [5.74, 6) is 0.747. The normalized spacial score (nSPS) is 14.5. The molecule has 0 aliphatic heterocycles. The van der Waals surface area contributed by atoms with Crippen molar-refractivity contribution in [2.45, 2.75) is 51.7 Å². The summed E-state index contributed by atoms with van der Waals surface area (Å²) < 4.78 is 5.97. The summed E-state index contributed by atoms with van der Waals surface area (Å²) in [6.45, 7) is 2.51. The van der Waals surface area contributed by atoms with Crippen LogP contribution in [-0.4, -0.2) is 12.0 Å². The van der Waals surface area contributed by atoms with Crippen LogP contribution in [0, 0.1) is 0 Å². The highest BCUT2D eigenvalue weighted by Gasteiger charge is 2.19. The molecule has 0 heterocycles. The summed E-state index contributed by atoms with van der Waals surface area (Å²) in [5, 5.41) is 2.97. The smallest absolute Gasteiger partial charge is 0.261 e. The number of carbonyl (C=O) groups excluding carboxylic acids is 1. The van der Waals surface area contributed by atoms with Gasteiger partial charge in [-0.15, -0.1) is 0 Å². The molecule has 0 saturated carbocycles. The standard InChI is InChI=1S/C21H25NO2/c1-2-20(21(23)22-15-16-8-4-3-5-9-16)24-19-13-12-17-10-6-7-11-18(17)14-19/h3-5,8-9,12-14,20H,2,6-7,10-11,15H2,1H3,(H,22,23)/t20-/m0/s1. The first-order valence-electron chi connectivity index (χ1n) is 8.86. The van der Waals surface area contributed by atoms with Crippen molar-refractivity contribution in [1.29, 1.82) is 0 Å². The van der Waals surface area contributed by atoms with Crippen LogP contribution in [0.3, 0.4) is 0 Å². The number of rotatable bonds is 6. The average Bonchev–Trinajstić information content (AvgIpc) is 2.65. The molecule has 0 saturated heterocycles. The first-order valence-corrected chi connectivity index (χ1v) is 8.86. The van der Waals surface area contributed by atoms with E-state index in [9.17, 15) is 4.79 Å². The van der Waals surface area contributed by atoms with Gasteiger partial charge in [0.05, 0.1) is 0 Å². The van der Waals surface area contributed by atoms with Gasteiger partial charge < -0.3 is 10.1 Å². The molecular weight excluding hydrogens is 298 g/mol. The predicted molar refractivity (Wildman–Crippen MR) is 96.1 cm³/mol. The maximum atomic E-state index is 12.4. The third-order valence-corrected chi connectivity index (χ3v) is 4.57. The minimum atomic E-state index is -0.449. The average molecular weight is 323 g/mol. The molecule has 0 fully saturated rings. The quantitative estimate of drug-likeness (QED) is 0.871. The molecule has 3 heteroatoms. The Labute approximate surface area is 144 Å². The van der Waals surface area contributed by atoms with Gasteiger partial charge in [0.2, 0.25) is 0 Å². The zero-order chi connectivity index (χ0) is 16.8. The molecule has 0 aromatic heterocycles. The molecule has 3 nitrogen and oxygen atoms in total. The lowest BCUT2D eigenvalue weighted by molar-refractivity contribution is -0.128. The molecule has 0 unspecified atom stereocenters. The molecular formula is C21H25NO2. The Morgan fingerprint density at radius 1 is 1.08 bits per heavy atom. The van der Waals surface area contributed by atoms with Crippen LogP contribution >= 0.6 is 0 Å². The molecule has 2 aromatic rings. The van der Waals surface area contributed by atoms with Gasteiger partial charge in [0.15, 0.2) is 6.10 Å². The third-order valence-electron chi connectivity index (χ3n) is 4.57. The fourth-order valence-electron chi connectivity index (χ4n) is 3.17. The second-order valence-corrected chi connectivity index (χ2v) is 6.36. The molecule has 24 heavy (non-hydrogen) atoms. The van der Waals surface area contributed by atoms with Crippen LogP contribution in [0.1, 0.15) is 42.9 Å². The number of amides is 1. The van der Waals surface area contributed by atoms with Crippen molar-refractivity contribution in [1.82, 2.24) is 5.32 Å². The maximum Gasteiger partial charge on any atom is 0.261 e. The van der Waals surface area contributed by atoms with E-state index in [2.05, 4.69) is 17.4 Å². The van der Waals surface area contributed by atoms with Gasteiger partial charge in [-0.3, -0.25) is 4.79 Å². The van der Waals surface area contributed by atoms with E-state index in [4.69, 9.17) is 4.74 Å². The summed E-state index contributed by atoms with van der Waals surface area (Å²) >= 11 is 0. The van der Waals surface area contributed by atoms with Gasteiger partial charge in [-0.05, 0) is 60.9 Å². The summed E-state index contributed by atoms with van der Waals surface area (Å²) in [4.78, 5) is 12.4. The van der Waals surface area contributed by atoms with E-state index < -0.39 is 6.10 Å². The predicted octanol–water partition coefficient (Wildman–Crippen LogP) is 4.04. The fourth-order valence-corrected chi connectivity index (χ4v) is 3.17. The summed E-state index contributed by atoms with van der Waals surface area (Å²) in [5.41, 5.74) is 3.89. The number of ether oxygens (including phenoxy) is 1. The van der Waals surface area contributed by atoms with Crippen LogP contribution < -0.4 is 10.1 Å². The number of fused-ring (bicyclic) bond motifs is 1. The molecule has 1 aliphatic carbocycles. The maximum absolute atomic E-state index is 12.4. The van der Waals surface area contributed by atoms with Crippen molar-refractivity contribution in [2.75, 3.05) is 0 Å². The highest BCUT2D eigenvalue weighted by molar-refractivity contribution is 5.81. The van der Waals surface area contributed by atoms with Crippen LogP contribution in [0.4, 0.5) is 0 Å². The second-order valence-electron chi connectivity index (χ2n) is 6.36. The van der Waals surface area contributed by atoms with E-state index >= 15 is 0 Å². The van der Waals surface area contributed by atoms with Crippen molar-refractivity contribution < 1.29 is 9.53 Å². The lowest BCUT2D eigenvalue weighted by Crippen LogP contribution is -2.37. The van der Waals surface area contributed by atoms with Gasteiger partial charge in [-0.25, -0.2) is 0 Å². The number of hydrogen-bond donors (Lipinski definition) is 1. The topological polar surface area (TPSA) is 38.3 Å². The Morgan fingerprint density at radius 2 is 1.83 bits per heavy atom. The summed E-state index contributed by atoms with van der Waals surface area (Å²) in [6, 6.07) is 16.2.